The van der Waals surface area contributed by atoms with Crippen LogP contribution < -0.4 is 20.4 Å². The smallest absolute Gasteiger partial charge is 0.312 e. The number of aliphatic hydroxyl groups excluding tert-OH is 2. The molecule has 75 heavy (non-hydrogen) atoms. The normalized spacial score (nSPS) is 30.5. The molecule has 17 nitrogen and oxygen atoms in total. The van der Waals surface area contributed by atoms with E-state index in [1.54, 1.807) is 59.0 Å². The number of aromatic nitrogens is 1. The number of aliphatic imine (C=N–C) groups is 1. The summed E-state index contributed by atoms with van der Waals surface area (Å²) >= 11 is 0. The predicted octanol–water partition coefficient (Wildman–Crippen LogP) is 7.04. The molecule has 1 saturated heterocycles. The second-order valence-corrected chi connectivity index (χ2v) is 21.6. The van der Waals surface area contributed by atoms with Crippen molar-refractivity contribution >= 4 is 51.5 Å². The number of allylic oxidation sites excluding steroid dienone is 3. The summed E-state index contributed by atoms with van der Waals surface area (Å²) < 4.78 is 42.3. The van der Waals surface area contributed by atoms with E-state index in [-0.39, 0.29) is 87.2 Å². The number of halogens is 1. The van der Waals surface area contributed by atoms with E-state index in [1.165, 1.54) is 59.3 Å². The molecule has 4 aliphatic heterocycles. The molecule has 2 fully saturated rings. The molecule has 5 bridgehead atoms. The fraction of sp³-hybridized carbons (Fsp3) is 0.491. The molecule has 0 unspecified atom stereocenters. The quantitative estimate of drug-likeness (QED) is 0.148. The molecule has 2 aromatic carbocycles. The summed E-state index contributed by atoms with van der Waals surface area (Å²) in [6.07, 6.45) is 7.64. The summed E-state index contributed by atoms with van der Waals surface area (Å²) in [5.74, 6) is -8.86. The molecule has 4 N–H and O–H groups in total. The Bertz CT molecular complexity index is 3170. The molecule has 1 aromatic heterocycles. The molecule has 5 heterocycles. The van der Waals surface area contributed by atoms with Crippen LogP contribution in [0.25, 0.3) is 10.9 Å². The van der Waals surface area contributed by atoms with Crippen molar-refractivity contribution in [3.05, 3.63) is 110 Å². The van der Waals surface area contributed by atoms with Crippen molar-refractivity contribution in [2.24, 2.45) is 28.7 Å². The van der Waals surface area contributed by atoms with Crippen LogP contribution in [0.1, 0.15) is 136 Å². The topological polar surface area (TPSA) is 233 Å². The summed E-state index contributed by atoms with van der Waals surface area (Å²) in [7, 11) is 1.44. The Morgan fingerprint density at radius 2 is 1.63 bits per heavy atom. The van der Waals surface area contributed by atoms with Crippen LogP contribution in [0.4, 0.5) is 10.1 Å². The number of benzene rings is 2. The Morgan fingerprint density at radius 1 is 0.933 bits per heavy atom. The van der Waals surface area contributed by atoms with Crippen molar-refractivity contribution in [1.82, 2.24) is 9.88 Å². The number of pyridine rings is 1. The van der Waals surface area contributed by atoms with Crippen LogP contribution in [0.3, 0.4) is 0 Å². The largest absolute Gasteiger partial charge is 0.507 e. The maximum atomic E-state index is 16.3. The monoisotopic (exact) mass is 1030 g/mol. The highest BCUT2D eigenvalue weighted by Gasteiger charge is 2.54. The Hall–Kier alpha value is -6.76. The van der Waals surface area contributed by atoms with Crippen molar-refractivity contribution in [3.8, 4) is 11.5 Å². The zero-order chi connectivity index (χ0) is 54.3. The summed E-state index contributed by atoms with van der Waals surface area (Å²) in [6, 6.07) is 2.95. The van der Waals surface area contributed by atoms with Gasteiger partial charge in [-0.1, -0.05) is 45.9 Å². The van der Waals surface area contributed by atoms with Gasteiger partial charge in [-0.3, -0.25) is 33.8 Å². The van der Waals surface area contributed by atoms with Gasteiger partial charge in [0.2, 0.25) is 5.78 Å². The van der Waals surface area contributed by atoms with Crippen LogP contribution >= 0.6 is 0 Å². The number of hydrogen-bond donors (Lipinski definition) is 4. The maximum absolute atomic E-state index is 16.3. The number of carbonyl (C=O) groups excluding carboxylic acids is 5. The molecule has 0 radical (unpaired) electrons. The third-order valence-corrected chi connectivity index (χ3v) is 16.4. The first-order chi connectivity index (χ1) is 35.4. The number of amides is 1. The minimum absolute atomic E-state index is 0.00756. The number of aromatic hydroxyl groups is 1. The average Bonchev–Trinajstić information content (AvgIpc) is 4.10. The number of nitrogens with one attached hydrogen (secondary N) is 1. The Kier molecular flexibility index (Phi) is 14.0. The molecule has 9 atom stereocenters. The van der Waals surface area contributed by atoms with Crippen LogP contribution in [0.15, 0.2) is 75.5 Å². The molecular weight excluding hydrogens is 968 g/mol. The number of phenolic OH excluding ortho intramolecular Hbond substituents is 1. The van der Waals surface area contributed by atoms with Crippen molar-refractivity contribution < 1.29 is 62.6 Å². The van der Waals surface area contributed by atoms with Gasteiger partial charge in [-0.25, -0.2) is 4.39 Å². The zero-order valence-corrected chi connectivity index (χ0v) is 43.9. The number of aliphatic hydroxyl groups is 2. The lowest BCUT2D eigenvalue weighted by Crippen LogP contribution is -2.46. The number of nitrogens with zero attached hydrogens (tertiary/aromatic N) is 3. The van der Waals surface area contributed by atoms with E-state index < -0.39 is 106 Å². The Labute approximate surface area is 433 Å². The molecule has 18 heteroatoms. The minimum atomic E-state index is -2.05. The average molecular weight is 1030 g/mol. The highest BCUT2D eigenvalue weighted by Crippen LogP contribution is 2.53. The molecule has 2 aliphatic carbocycles. The number of piperidine rings is 1. The van der Waals surface area contributed by atoms with Gasteiger partial charge in [0.25, 0.3) is 11.7 Å². The summed E-state index contributed by atoms with van der Waals surface area (Å²) in [4.78, 5) is 89.7. The number of phenols is 1. The number of carbonyl (C=O) groups is 5. The lowest BCUT2D eigenvalue weighted by atomic mass is 9.78. The maximum Gasteiger partial charge on any atom is 0.312 e. The molecule has 6 aliphatic rings. The number of rotatable bonds is 5. The molecule has 1 spiro atoms. The number of ketones is 3. The third-order valence-electron chi connectivity index (χ3n) is 16.4. The number of Topliss-reactive ketones (excluding diaryl/α,β-unsaturated/α-hetero) is 3. The molecule has 9 rings (SSSR count). The zero-order valence-electron chi connectivity index (χ0n) is 43.9. The van der Waals surface area contributed by atoms with Crippen molar-refractivity contribution in [3.63, 3.8) is 0 Å². The number of anilines is 1. The first-order valence-corrected chi connectivity index (χ1v) is 25.7. The van der Waals surface area contributed by atoms with Gasteiger partial charge in [0.15, 0.2) is 11.2 Å². The van der Waals surface area contributed by atoms with Crippen molar-refractivity contribution in [1.29, 1.82) is 0 Å². The number of hydrogen-bond acceptors (Lipinski definition) is 15. The Balaban J connectivity index is 1.13. The first kappa shape index (κ1) is 53.1. The van der Waals surface area contributed by atoms with E-state index >= 15 is 9.18 Å². The van der Waals surface area contributed by atoms with Crippen LogP contribution in [0, 0.1) is 36.4 Å². The number of ether oxygens (including phenoxy) is 4. The fourth-order valence-corrected chi connectivity index (χ4v) is 11.6. The van der Waals surface area contributed by atoms with Gasteiger partial charge in [-0.2, -0.15) is 0 Å². The van der Waals surface area contributed by atoms with E-state index in [1.807, 2.05) is 9.47 Å². The standard InChI is InChI=1S/C57H65FN4O13/c1-26-12-11-13-27(2)55(71)59-46-36-24-57(17-19-61(20-18-57)40-23-39-35(22-38(40)58)50(68)37(32(7)63)25-62(39)34-14-15-34)60-45(36)42-43(51(46)69)49(67)31(6)53-44(42)54(70)56(9,75-53)73-21-16-41(72-10)28(3)52(74-33(8)64)30(5)48(66)29(4)47(26)65/h11-13,16,21-23,25-26,28-30,34,41,47-48,52,65-67H,14-15,17-20,24H2,1-10H3,(H,59,71)/b12-11+,21-16+,27-13-/t26-,28+,29+,30+,41-,47-,48+,52+,56-/m0/s1. The fourth-order valence-electron chi connectivity index (χ4n) is 11.6. The number of fused-ring (bicyclic) bond motifs is 4. The second-order valence-electron chi connectivity index (χ2n) is 21.6. The third kappa shape index (κ3) is 9.21. The molecule has 398 valence electrons. The SMILES string of the molecule is CO[C@H]1/C=C/O[C@@]2(C)Oc3c(C)c(O)c4c(c3C2=O)C2=NC3(CCN(c5cc6c(cc5F)c(=O)c(C(C)=O)cn6C5CC5)CC3)CC2=C(NC(=O)/C(C)=C\C=C\[C@H](C)[C@H](O)[C@@H](C)[C@@H](O)[C@@H](C)[C@H](OC(C)=O)[C@@H]1C)C4=O. The lowest BCUT2D eigenvalue weighted by molar-refractivity contribution is -0.160. The van der Waals surface area contributed by atoms with Gasteiger partial charge < -0.3 is 49.1 Å². The van der Waals surface area contributed by atoms with E-state index in [0.29, 0.717) is 23.9 Å². The molecule has 1 amide bonds. The van der Waals surface area contributed by atoms with E-state index in [0.717, 1.165) is 12.8 Å². The Morgan fingerprint density at radius 3 is 2.27 bits per heavy atom. The van der Waals surface area contributed by atoms with Gasteiger partial charge in [0.1, 0.15) is 23.4 Å². The van der Waals surface area contributed by atoms with Crippen molar-refractivity contribution in [2.45, 2.75) is 136 Å². The highest BCUT2D eigenvalue weighted by molar-refractivity contribution is 6.34. The van der Waals surface area contributed by atoms with Gasteiger partial charge in [-0.15, -0.1) is 0 Å². The van der Waals surface area contributed by atoms with Crippen LogP contribution in [0.5, 0.6) is 11.5 Å². The van der Waals surface area contributed by atoms with Gasteiger partial charge in [-0.05, 0) is 64.7 Å². The number of esters is 1. The van der Waals surface area contributed by atoms with E-state index in [9.17, 15) is 39.3 Å². The summed E-state index contributed by atoms with van der Waals surface area (Å²) in [5.41, 5.74) is -0.254. The van der Waals surface area contributed by atoms with Gasteiger partial charge >= 0.3 is 11.8 Å². The van der Waals surface area contributed by atoms with Crippen LogP contribution in [-0.4, -0.2) is 111 Å². The van der Waals surface area contributed by atoms with E-state index in [4.69, 9.17) is 23.9 Å². The summed E-state index contributed by atoms with van der Waals surface area (Å²) in [5, 5.41) is 38.1. The van der Waals surface area contributed by atoms with Crippen LogP contribution in [0.2, 0.25) is 0 Å². The molecular formula is C57H65FN4O13. The van der Waals surface area contributed by atoms with Gasteiger partial charge in [0, 0.05) is 104 Å². The van der Waals surface area contributed by atoms with Crippen molar-refractivity contribution in [2.75, 3.05) is 25.1 Å². The number of methoxy groups -OCH3 is 1. The second kappa shape index (κ2) is 19.7. The minimum Gasteiger partial charge on any atom is -0.507 e. The van der Waals surface area contributed by atoms with E-state index in [2.05, 4.69) is 5.32 Å². The lowest BCUT2D eigenvalue weighted by Gasteiger charge is -2.38. The summed E-state index contributed by atoms with van der Waals surface area (Å²) in [6.45, 7) is 14.5. The van der Waals surface area contributed by atoms with Crippen LogP contribution in [-0.2, 0) is 23.8 Å². The first-order valence-electron chi connectivity index (χ1n) is 25.7. The van der Waals surface area contributed by atoms with Gasteiger partial charge in [0.05, 0.1) is 69.4 Å². The molecule has 1 saturated carbocycles. The molecule has 3 aromatic rings. The highest BCUT2D eigenvalue weighted by atomic mass is 19.1. The predicted molar refractivity (Wildman–Crippen MR) is 276 cm³/mol.